The molecular formula is C29H26N4O2S. The minimum absolute atomic E-state index is 0.190. The second kappa shape index (κ2) is 10.7. The first-order valence-electron chi connectivity index (χ1n) is 11.6. The number of hydrogen-bond acceptors (Lipinski definition) is 6. The van der Waals surface area contributed by atoms with Crippen molar-refractivity contribution in [3.8, 4) is 16.9 Å². The van der Waals surface area contributed by atoms with Crippen molar-refractivity contribution in [2.45, 2.75) is 13.1 Å². The predicted molar refractivity (Wildman–Crippen MR) is 145 cm³/mol. The van der Waals surface area contributed by atoms with Gasteiger partial charge in [-0.2, -0.15) is 0 Å². The number of rotatable bonds is 8. The van der Waals surface area contributed by atoms with Gasteiger partial charge in [0.25, 0.3) is 5.91 Å². The van der Waals surface area contributed by atoms with Gasteiger partial charge in [-0.1, -0.05) is 59.9 Å². The zero-order chi connectivity index (χ0) is 24.9. The normalized spacial score (nSPS) is 11.1. The molecule has 5 rings (SSSR count). The van der Waals surface area contributed by atoms with Crippen molar-refractivity contribution in [3.05, 3.63) is 108 Å². The number of carbonyl (C=O) groups excluding carboxylic acids is 1. The number of fused-ring (bicyclic) bond motifs is 1. The SMILES string of the molecule is COc1ccc(-c2ccccc2)c2sc(NC(=O)c3ccc(CN(C)Cc4cccnc4)cc3)nc12. The number of benzene rings is 3. The van der Waals surface area contributed by atoms with E-state index in [4.69, 9.17) is 4.74 Å². The van der Waals surface area contributed by atoms with Crippen LogP contribution in [0.3, 0.4) is 0 Å². The van der Waals surface area contributed by atoms with Crippen LogP contribution >= 0.6 is 11.3 Å². The number of anilines is 1. The Morgan fingerprint density at radius 1 is 0.944 bits per heavy atom. The molecule has 2 heterocycles. The van der Waals surface area contributed by atoms with Crippen molar-refractivity contribution in [2.24, 2.45) is 0 Å². The van der Waals surface area contributed by atoms with Crippen LogP contribution in [0, 0.1) is 0 Å². The van der Waals surface area contributed by atoms with Crippen molar-refractivity contribution >= 4 is 32.6 Å². The van der Waals surface area contributed by atoms with E-state index in [0.29, 0.717) is 16.4 Å². The summed E-state index contributed by atoms with van der Waals surface area (Å²) in [7, 11) is 3.70. The summed E-state index contributed by atoms with van der Waals surface area (Å²) in [5.41, 5.74) is 5.78. The molecule has 0 fully saturated rings. The van der Waals surface area contributed by atoms with Crippen LogP contribution in [0.5, 0.6) is 5.75 Å². The molecule has 5 aromatic rings. The van der Waals surface area contributed by atoms with E-state index in [9.17, 15) is 4.79 Å². The molecule has 2 aromatic heterocycles. The molecule has 180 valence electrons. The van der Waals surface area contributed by atoms with E-state index in [-0.39, 0.29) is 5.91 Å². The molecular weight excluding hydrogens is 468 g/mol. The van der Waals surface area contributed by atoms with E-state index in [1.54, 1.807) is 13.3 Å². The van der Waals surface area contributed by atoms with Crippen LogP contribution < -0.4 is 10.1 Å². The van der Waals surface area contributed by atoms with Gasteiger partial charge in [0.05, 0.1) is 11.8 Å². The number of ether oxygens (including phenoxy) is 1. The highest BCUT2D eigenvalue weighted by molar-refractivity contribution is 7.23. The average Bonchev–Trinajstić information content (AvgIpc) is 3.33. The number of pyridine rings is 1. The highest BCUT2D eigenvalue weighted by Crippen LogP contribution is 2.39. The predicted octanol–water partition coefficient (Wildman–Crippen LogP) is 6.25. The van der Waals surface area contributed by atoms with E-state index < -0.39 is 0 Å². The molecule has 1 N–H and O–H groups in total. The van der Waals surface area contributed by atoms with E-state index in [0.717, 1.165) is 40.0 Å². The first kappa shape index (κ1) is 23.7. The lowest BCUT2D eigenvalue weighted by Crippen LogP contribution is -2.17. The second-order valence-corrected chi connectivity index (χ2v) is 9.56. The van der Waals surface area contributed by atoms with Crippen LogP contribution in [0.2, 0.25) is 0 Å². The van der Waals surface area contributed by atoms with Crippen molar-refractivity contribution < 1.29 is 9.53 Å². The topological polar surface area (TPSA) is 67.3 Å². The van der Waals surface area contributed by atoms with E-state index in [1.807, 2.05) is 66.9 Å². The molecule has 0 bridgehead atoms. The van der Waals surface area contributed by atoms with Crippen molar-refractivity contribution in [1.82, 2.24) is 14.9 Å². The van der Waals surface area contributed by atoms with Crippen molar-refractivity contribution in [1.29, 1.82) is 0 Å². The third kappa shape index (κ3) is 5.27. The molecule has 0 spiro atoms. The molecule has 0 aliphatic rings. The summed E-state index contributed by atoms with van der Waals surface area (Å²) in [6, 6.07) is 25.8. The summed E-state index contributed by atoms with van der Waals surface area (Å²) in [5, 5.41) is 3.50. The van der Waals surface area contributed by atoms with Crippen molar-refractivity contribution in [2.75, 3.05) is 19.5 Å². The Morgan fingerprint density at radius 2 is 1.72 bits per heavy atom. The molecule has 6 nitrogen and oxygen atoms in total. The molecule has 0 radical (unpaired) electrons. The zero-order valence-electron chi connectivity index (χ0n) is 20.1. The van der Waals surface area contributed by atoms with Gasteiger partial charge in [0.1, 0.15) is 11.3 Å². The first-order chi connectivity index (χ1) is 17.6. The number of thiazole rings is 1. The first-order valence-corrected chi connectivity index (χ1v) is 12.4. The van der Waals surface area contributed by atoms with Gasteiger partial charge in [-0.05, 0) is 54.1 Å². The van der Waals surface area contributed by atoms with Gasteiger partial charge in [-0.3, -0.25) is 20.0 Å². The largest absolute Gasteiger partial charge is 0.494 e. The monoisotopic (exact) mass is 494 g/mol. The molecule has 0 saturated carbocycles. The van der Waals surface area contributed by atoms with Crippen LogP contribution in [0.1, 0.15) is 21.5 Å². The second-order valence-electron chi connectivity index (χ2n) is 8.56. The fourth-order valence-electron chi connectivity index (χ4n) is 4.15. The highest BCUT2D eigenvalue weighted by atomic mass is 32.1. The Morgan fingerprint density at radius 3 is 2.44 bits per heavy atom. The van der Waals surface area contributed by atoms with E-state index in [2.05, 4.69) is 45.4 Å². The third-order valence-corrected chi connectivity index (χ3v) is 6.88. The Balaban J connectivity index is 1.30. The van der Waals surface area contributed by atoms with Crippen molar-refractivity contribution in [3.63, 3.8) is 0 Å². The third-order valence-electron chi connectivity index (χ3n) is 5.88. The van der Waals surface area contributed by atoms with Gasteiger partial charge in [0, 0.05) is 36.6 Å². The highest BCUT2D eigenvalue weighted by Gasteiger charge is 2.16. The van der Waals surface area contributed by atoms with Gasteiger partial charge >= 0.3 is 0 Å². The maximum Gasteiger partial charge on any atom is 0.257 e. The van der Waals surface area contributed by atoms with Crippen LogP contribution in [0.4, 0.5) is 5.13 Å². The molecule has 36 heavy (non-hydrogen) atoms. The van der Waals surface area contributed by atoms with Gasteiger partial charge < -0.3 is 4.74 Å². The fraction of sp³-hybridized carbons (Fsp3) is 0.138. The molecule has 7 heteroatoms. The number of amides is 1. The Bertz CT molecular complexity index is 1470. The smallest absolute Gasteiger partial charge is 0.257 e. The van der Waals surface area contributed by atoms with E-state index >= 15 is 0 Å². The van der Waals surface area contributed by atoms with Crippen LogP contribution in [-0.4, -0.2) is 34.9 Å². The van der Waals surface area contributed by atoms with Crippen LogP contribution in [0.15, 0.2) is 91.3 Å². The summed E-state index contributed by atoms with van der Waals surface area (Å²) in [6.45, 7) is 1.58. The Kier molecular flexibility index (Phi) is 7.02. The quantitative estimate of drug-likeness (QED) is 0.276. The summed E-state index contributed by atoms with van der Waals surface area (Å²) < 4.78 is 6.50. The van der Waals surface area contributed by atoms with Gasteiger partial charge in [-0.25, -0.2) is 4.98 Å². The Labute approximate surface area is 214 Å². The minimum atomic E-state index is -0.190. The van der Waals surface area contributed by atoms with Gasteiger partial charge in [0.15, 0.2) is 5.13 Å². The number of hydrogen-bond donors (Lipinski definition) is 1. The summed E-state index contributed by atoms with van der Waals surface area (Å²) in [4.78, 5) is 24.0. The average molecular weight is 495 g/mol. The lowest BCUT2D eigenvalue weighted by atomic mass is 10.1. The fourth-order valence-corrected chi connectivity index (χ4v) is 5.16. The molecule has 3 aromatic carbocycles. The van der Waals surface area contributed by atoms with E-state index in [1.165, 1.54) is 16.9 Å². The maximum atomic E-state index is 13.0. The molecule has 0 unspecified atom stereocenters. The maximum absolute atomic E-state index is 13.0. The number of nitrogens with zero attached hydrogens (tertiary/aromatic N) is 3. The molecule has 0 aliphatic heterocycles. The summed E-state index contributed by atoms with van der Waals surface area (Å²) in [5.74, 6) is 0.491. The molecule has 0 aliphatic carbocycles. The number of methoxy groups -OCH3 is 1. The molecule has 1 amide bonds. The molecule has 0 atom stereocenters. The zero-order valence-corrected chi connectivity index (χ0v) is 21.0. The number of carbonyl (C=O) groups is 1. The van der Waals surface area contributed by atoms with Crippen LogP contribution in [0.25, 0.3) is 21.3 Å². The summed E-state index contributed by atoms with van der Waals surface area (Å²) >= 11 is 1.45. The number of nitrogens with one attached hydrogen (secondary N) is 1. The molecule has 0 saturated heterocycles. The van der Waals surface area contributed by atoms with Crippen LogP contribution in [-0.2, 0) is 13.1 Å². The standard InChI is InChI=1S/C29H26N4O2S/c1-33(19-21-7-6-16-30-17-21)18-20-10-12-23(13-11-20)28(34)32-29-31-26-25(35-2)15-14-24(27(26)36-29)22-8-4-3-5-9-22/h3-17H,18-19H2,1-2H3,(H,31,32,34). The number of aromatic nitrogens is 2. The van der Waals surface area contributed by atoms with Gasteiger partial charge in [0.2, 0.25) is 0 Å². The lowest BCUT2D eigenvalue weighted by molar-refractivity contribution is 0.102. The minimum Gasteiger partial charge on any atom is -0.494 e. The Hall–Kier alpha value is -4.07. The van der Waals surface area contributed by atoms with Gasteiger partial charge in [-0.15, -0.1) is 0 Å². The summed E-state index contributed by atoms with van der Waals surface area (Å²) in [6.07, 6.45) is 3.66. The lowest BCUT2D eigenvalue weighted by Gasteiger charge is -2.16.